The first kappa shape index (κ1) is 20.2. The Morgan fingerprint density at radius 2 is 1.77 bits per heavy atom. The number of sulfonamides is 1. The second kappa shape index (κ2) is 7.74. The van der Waals surface area contributed by atoms with Crippen LogP contribution in [0.3, 0.4) is 0 Å². The summed E-state index contributed by atoms with van der Waals surface area (Å²) in [4.78, 5) is 29.9. The highest BCUT2D eigenvalue weighted by Crippen LogP contribution is 2.40. The predicted octanol–water partition coefficient (Wildman–Crippen LogP) is 1.56. The Labute approximate surface area is 182 Å². The molecule has 0 spiro atoms. The summed E-state index contributed by atoms with van der Waals surface area (Å²) in [6.45, 7) is 5.08. The van der Waals surface area contributed by atoms with Gasteiger partial charge in [-0.3, -0.25) is 9.10 Å². The van der Waals surface area contributed by atoms with Crippen LogP contribution in [0.15, 0.2) is 24.7 Å². The number of aromatic nitrogens is 3. The van der Waals surface area contributed by atoms with Gasteiger partial charge in [0.2, 0.25) is 10.0 Å². The van der Waals surface area contributed by atoms with E-state index in [2.05, 4.69) is 27.9 Å². The fraction of sp³-hybridized carbons (Fsp3) is 0.524. The van der Waals surface area contributed by atoms with Crippen molar-refractivity contribution in [3.8, 4) is 0 Å². The van der Waals surface area contributed by atoms with Gasteiger partial charge in [-0.25, -0.2) is 23.4 Å². The van der Waals surface area contributed by atoms with E-state index in [9.17, 15) is 13.2 Å². The predicted molar refractivity (Wildman–Crippen MR) is 117 cm³/mol. The summed E-state index contributed by atoms with van der Waals surface area (Å²) in [6.07, 6.45) is 7.85. The van der Waals surface area contributed by atoms with E-state index < -0.39 is 10.0 Å². The van der Waals surface area contributed by atoms with E-state index in [1.165, 1.54) is 40.7 Å². The first-order valence-electron chi connectivity index (χ1n) is 10.8. The maximum absolute atomic E-state index is 12.9. The summed E-state index contributed by atoms with van der Waals surface area (Å²) in [7, 11) is -3.31. The second-order valence-electron chi connectivity index (χ2n) is 8.46. The van der Waals surface area contributed by atoms with Gasteiger partial charge in [0, 0.05) is 38.9 Å². The standard InChI is InChI=1S/C21H26N6O3S/c1-15-11-17(16-3-4-16)12-24-20(15)25-6-8-26(9-7-25)21(28)18-13-23-19(14-22-18)27-5-2-10-31(27,29)30/h11-14,16H,2-10H2,1H3. The number of nitrogens with zero attached hydrogens (tertiary/aromatic N) is 6. The molecule has 3 fully saturated rings. The summed E-state index contributed by atoms with van der Waals surface area (Å²) >= 11 is 0. The smallest absolute Gasteiger partial charge is 0.274 e. The average molecular weight is 443 g/mol. The van der Waals surface area contributed by atoms with Crippen molar-refractivity contribution in [3.05, 3.63) is 41.5 Å². The van der Waals surface area contributed by atoms with Crippen LogP contribution in [-0.4, -0.2) is 72.7 Å². The number of piperazine rings is 1. The summed E-state index contributed by atoms with van der Waals surface area (Å²) < 4.78 is 25.3. The molecule has 164 valence electrons. The molecular weight excluding hydrogens is 416 g/mol. The van der Waals surface area contributed by atoms with E-state index in [1.807, 2.05) is 6.20 Å². The number of hydrogen-bond donors (Lipinski definition) is 0. The van der Waals surface area contributed by atoms with Crippen LogP contribution in [0.1, 0.15) is 46.8 Å². The third-order valence-corrected chi connectivity index (χ3v) is 8.04. The van der Waals surface area contributed by atoms with Gasteiger partial charge < -0.3 is 9.80 Å². The summed E-state index contributed by atoms with van der Waals surface area (Å²) in [5.74, 6) is 1.89. The van der Waals surface area contributed by atoms with Crippen LogP contribution in [0.5, 0.6) is 0 Å². The van der Waals surface area contributed by atoms with E-state index in [1.54, 1.807) is 4.90 Å². The molecule has 9 nitrogen and oxygen atoms in total. The highest BCUT2D eigenvalue weighted by Gasteiger charge is 2.31. The Morgan fingerprint density at radius 3 is 2.35 bits per heavy atom. The number of rotatable bonds is 4. The van der Waals surface area contributed by atoms with Crippen molar-refractivity contribution in [2.24, 2.45) is 0 Å². The van der Waals surface area contributed by atoms with Crippen molar-refractivity contribution in [1.82, 2.24) is 19.9 Å². The lowest BCUT2D eigenvalue weighted by atomic mass is 10.1. The minimum atomic E-state index is -3.31. The van der Waals surface area contributed by atoms with Crippen LogP contribution < -0.4 is 9.21 Å². The Hall–Kier alpha value is -2.75. The molecule has 1 saturated carbocycles. The van der Waals surface area contributed by atoms with Crippen molar-refractivity contribution in [2.45, 2.75) is 32.1 Å². The molecule has 31 heavy (non-hydrogen) atoms. The molecular formula is C21H26N6O3S. The Morgan fingerprint density at radius 1 is 1.00 bits per heavy atom. The van der Waals surface area contributed by atoms with Crippen molar-refractivity contribution in [3.63, 3.8) is 0 Å². The Bertz CT molecular complexity index is 1090. The van der Waals surface area contributed by atoms with Gasteiger partial charge in [0.15, 0.2) is 5.82 Å². The quantitative estimate of drug-likeness (QED) is 0.708. The molecule has 2 aromatic heterocycles. The number of aryl methyl sites for hydroxylation is 1. The van der Waals surface area contributed by atoms with Crippen molar-refractivity contribution >= 4 is 27.6 Å². The summed E-state index contributed by atoms with van der Waals surface area (Å²) in [5, 5.41) is 0. The molecule has 2 aromatic rings. The first-order chi connectivity index (χ1) is 14.9. The molecule has 0 atom stereocenters. The summed E-state index contributed by atoms with van der Waals surface area (Å²) in [5.41, 5.74) is 2.75. The molecule has 3 aliphatic rings. The largest absolute Gasteiger partial charge is 0.353 e. The fourth-order valence-electron chi connectivity index (χ4n) is 4.30. The van der Waals surface area contributed by atoms with Crippen molar-refractivity contribution in [1.29, 1.82) is 0 Å². The number of carbonyl (C=O) groups excluding carboxylic acids is 1. The van der Waals surface area contributed by atoms with Gasteiger partial charge in [0.1, 0.15) is 11.5 Å². The van der Waals surface area contributed by atoms with Gasteiger partial charge in [-0.15, -0.1) is 0 Å². The molecule has 4 heterocycles. The molecule has 0 aromatic carbocycles. The van der Waals surface area contributed by atoms with Crippen LogP contribution >= 0.6 is 0 Å². The van der Waals surface area contributed by atoms with E-state index in [4.69, 9.17) is 4.98 Å². The minimum absolute atomic E-state index is 0.122. The highest BCUT2D eigenvalue weighted by molar-refractivity contribution is 7.93. The lowest BCUT2D eigenvalue weighted by molar-refractivity contribution is 0.0740. The zero-order chi connectivity index (χ0) is 21.6. The van der Waals surface area contributed by atoms with E-state index >= 15 is 0 Å². The fourth-order valence-corrected chi connectivity index (χ4v) is 5.80. The van der Waals surface area contributed by atoms with Gasteiger partial charge in [0.05, 0.1) is 18.1 Å². The molecule has 1 aliphatic carbocycles. The third-order valence-electron chi connectivity index (χ3n) is 6.20. The molecule has 1 amide bonds. The zero-order valence-corrected chi connectivity index (χ0v) is 18.4. The second-order valence-corrected chi connectivity index (χ2v) is 10.5. The molecule has 10 heteroatoms. The number of hydrogen-bond acceptors (Lipinski definition) is 7. The number of carbonyl (C=O) groups is 1. The maximum atomic E-state index is 12.9. The number of pyridine rings is 1. The topological polar surface area (TPSA) is 99.6 Å². The monoisotopic (exact) mass is 442 g/mol. The molecule has 5 rings (SSSR count). The van der Waals surface area contributed by atoms with E-state index in [-0.39, 0.29) is 23.2 Å². The Kier molecular flexibility index (Phi) is 5.04. The van der Waals surface area contributed by atoms with Crippen LogP contribution in [-0.2, 0) is 10.0 Å². The minimum Gasteiger partial charge on any atom is -0.353 e. The van der Waals surface area contributed by atoms with Crippen LogP contribution in [0.2, 0.25) is 0 Å². The SMILES string of the molecule is Cc1cc(C2CC2)cnc1N1CCN(C(=O)c2cnc(N3CCCS3(=O)=O)cn2)CC1. The molecule has 2 aliphatic heterocycles. The van der Waals surface area contributed by atoms with Gasteiger partial charge in [0.25, 0.3) is 5.91 Å². The molecule has 2 saturated heterocycles. The molecule has 0 unspecified atom stereocenters. The number of amides is 1. The van der Waals surface area contributed by atoms with Gasteiger partial charge in [-0.1, -0.05) is 6.07 Å². The number of anilines is 2. The van der Waals surface area contributed by atoms with E-state index in [0.29, 0.717) is 45.1 Å². The molecule has 0 bridgehead atoms. The normalized spacial score (nSPS) is 20.9. The van der Waals surface area contributed by atoms with E-state index in [0.717, 1.165) is 5.82 Å². The van der Waals surface area contributed by atoms with Gasteiger partial charge in [-0.05, 0) is 43.2 Å². The van der Waals surface area contributed by atoms with Crippen molar-refractivity contribution < 1.29 is 13.2 Å². The third kappa shape index (κ3) is 3.96. The maximum Gasteiger partial charge on any atom is 0.274 e. The van der Waals surface area contributed by atoms with Gasteiger partial charge in [-0.2, -0.15) is 0 Å². The van der Waals surface area contributed by atoms with Gasteiger partial charge >= 0.3 is 0 Å². The Balaban J connectivity index is 1.22. The zero-order valence-electron chi connectivity index (χ0n) is 17.6. The first-order valence-corrected chi connectivity index (χ1v) is 12.4. The van der Waals surface area contributed by atoms with Crippen molar-refractivity contribution in [2.75, 3.05) is 47.7 Å². The van der Waals surface area contributed by atoms with Crippen LogP contribution in [0, 0.1) is 6.92 Å². The summed E-state index contributed by atoms with van der Waals surface area (Å²) in [6, 6.07) is 2.25. The molecule has 0 radical (unpaired) electrons. The lowest BCUT2D eigenvalue weighted by Crippen LogP contribution is -2.49. The highest BCUT2D eigenvalue weighted by atomic mass is 32.2. The average Bonchev–Trinajstić information content (AvgIpc) is 3.56. The van der Waals surface area contributed by atoms with Crippen LogP contribution in [0.25, 0.3) is 0 Å². The molecule has 0 N–H and O–H groups in total. The lowest BCUT2D eigenvalue weighted by Gasteiger charge is -2.36. The van der Waals surface area contributed by atoms with Crippen LogP contribution in [0.4, 0.5) is 11.6 Å².